The number of fused-ring (bicyclic) bond motifs is 2. The quantitative estimate of drug-likeness (QED) is 0.281. The van der Waals surface area contributed by atoms with E-state index in [9.17, 15) is 4.57 Å². The molecule has 2 aromatic heterocycles. The molecular formula is C29H34ClN8O2P. The van der Waals surface area contributed by atoms with Gasteiger partial charge in [0, 0.05) is 50.3 Å². The molecule has 0 radical (unpaired) electrons. The lowest BCUT2D eigenvalue weighted by Gasteiger charge is -2.25. The summed E-state index contributed by atoms with van der Waals surface area (Å²) in [4.78, 5) is 22.8. The summed E-state index contributed by atoms with van der Waals surface area (Å²) in [6.07, 6.45) is 4.75. The van der Waals surface area contributed by atoms with Gasteiger partial charge < -0.3 is 29.7 Å². The average Bonchev–Trinajstić information content (AvgIpc) is 3.47. The van der Waals surface area contributed by atoms with Crippen LogP contribution in [0.5, 0.6) is 5.75 Å². The van der Waals surface area contributed by atoms with E-state index in [-0.39, 0.29) is 0 Å². The van der Waals surface area contributed by atoms with Crippen molar-refractivity contribution in [3.05, 3.63) is 53.4 Å². The number of hydrogen-bond acceptors (Lipinski definition) is 10. The fourth-order valence-corrected chi connectivity index (χ4v) is 7.67. The van der Waals surface area contributed by atoms with Gasteiger partial charge in [-0.15, -0.1) is 0 Å². The van der Waals surface area contributed by atoms with Crippen molar-refractivity contribution in [1.29, 1.82) is 0 Å². The van der Waals surface area contributed by atoms with Gasteiger partial charge in [-0.05, 0) is 62.9 Å². The third-order valence-electron chi connectivity index (χ3n) is 7.92. The second kappa shape index (κ2) is 10.7. The Hall–Kier alpha value is -3.46. The number of methoxy groups -OCH3 is 1. The Labute approximate surface area is 244 Å². The Bertz CT molecular complexity index is 1660. The molecule has 2 aliphatic heterocycles. The first-order valence-corrected chi connectivity index (χ1v) is 16.6. The Kier molecular flexibility index (Phi) is 7.26. The molecule has 0 bridgehead atoms. The third-order valence-corrected chi connectivity index (χ3v) is 9.73. The number of nitrogens with zero attached hydrogens (tertiary/aromatic N) is 6. The third kappa shape index (κ3) is 5.44. The summed E-state index contributed by atoms with van der Waals surface area (Å²) in [5.41, 5.74) is 4.97. The predicted octanol–water partition coefficient (Wildman–Crippen LogP) is 5.12. The SMILES string of the molecule is COc1cc(N2C[C@H]3CN(C)C[C@H]3C2)c(C)cc1Nc1ncc(Cl)c(Nc2ccc3nccnc3c2P(C)(C)=O)n1. The molecule has 4 heterocycles. The molecule has 0 spiro atoms. The van der Waals surface area contributed by atoms with Gasteiger partial charge >= 0.3 is 0 Å². The minimum atomic E-state index is -2.75. The number of rotatable bonds is 7. The van der Waals surface area contributed by atoms with Gasteiger partial charge in [-0.2, -0.15) is 4.98 Å². The van der Waals surface area contributed by atoms with Gasteiger partial charge in [-0.1, -0.05) is 11.6 Å². The summed E-state index contributed by atoms with van der Waals surface area (Å²) in [5, 5.41) is 7.50. The van der Waals surface area contributed by atoms with Crippen molar-refractivity contribution < 1.29 is 9.30 Å². The molecular weight excluding hydrogens is 559 g/mol. The molecule has 12 heteroatoms. The van der Waals surface area contributed by atoms with Crippen LogP contribution in [-0.4, -0.2) is 78.5 Å². The molecule has 0 amide bonds. The Morgan fingerprint density at radius 2 is 1.73 bits per heavy atom. The van der Waals surface area contributed by atoms with Gasteiger partial charge in [-0.3, -0.25) is 9.97 Å². The van der Waals surface area contributed by atoms with Crippen LogP contribution in [-0.2, 0) is 4.57 Å². The second-order valence-corrected chi connectivity index (χ2v) is 14.9. The van der Waals surface area contributed by atoms with Crippen molar-refractivity contribution in [2.45, 2.75) is 6.92 Å². The van der Waals surface area contributed by atoms with E-state index in [0.29, 0.717) is 56.4 Å². The van der Waals surface area contributed by atoms with E-state index in [1.54, 1.807) is 32.8 Å². The van der Waals surface area contributed by atoms with Crippen molar-refractivity contribution >= 4 is 63.9 Å². The highest BCUT2D eigenvalue weighted by atomic mass is 35.5. The summed E-state index contributed by atoms with van der Waals surface area (Å²) in [5.74, 6) is 2.85. The zero-order chi connectivity index (χ0) is 28.9. The van der Waals surface area contributed by atoms with E-state index in [1.807, 2.05) is 12.1 Å². The predicted molar refractivity (Wildman–Crippen MR) is 167 cm³/mol. The fourth-order valence-electron chi connectivity index (χ4n) is 6.14. The van der Waals surface area contributed by atoms with Crippen molar-refractivity contribution in [2.24, 2.45) is 11.8 Å². The molecule has 2 aliphatic rings. The number of benzene rings is 2. The van der Waals surface area contributed by atoms with E-state index in [4.69, 9.17) is 16.3 Å². The smallest absolute Gasteiger partial charge is 0.229 e. The largest absolute Gasteiger partial charge is 0.494 e. The number of likely N-dealkylation sites (tertiary alicyclic amines) is 1. The van der Waals surface area contributed by atoms with Crippen LogP contribution < -0.4 is 25.6 Å². The van der Waals surface area contributed by atoms with Gasteiger partial charge in [0.1, 0.15) is 23.4 Å². The van der Waals surface area contributed by atoms with Crippen LogP contribution >= 0.6 is 18.7 Å². The zero-order valence-electron chi connectivity index (χ0n) is 23.8. The minimum absolute atomic E-state index is 0.325. The summed E-state index contributed by atoms with van der Waals surface area (Å²) < 4.78 is 19.1. The van der Waals surface area contributed by atoms with E-state index in [2.05, 4.69) is 66.5 Å². The molecule has 10 nitrogen and oxygen atoms in total. The monoisotopic (exact) mass is 592 g/mol. The molecule has 2 fully saturated rings. The van der Waals surface area contributed by atoms with Gasteiger partial charge in [0.05, 0.1) is 35.5 Å². The Morgan fingerprint density at radius 1 is 1.00 bits per heavy atom. The summed E-state index contributed by atoms with van der Waals surface area (Å²) >= 11 is 6.51. The van der Waals surface area contributed by atoms with Crippen molar-refractivity contribution in [3.63, 3.8) is 0 Å². The van der Waals surface area contributed by atoms with Crippen molar-refractivity contribution in [3.8, 4) is 5.75 Å². The molecule has 2 atom stereocenters. The van der Waals surface area contributed by atoms with Crippen LogP contribution in [0, 0.1) is 18.8 Å². The molecule has 0 saturated carbocycles. The number of hydrogen-bond donors (Lipinski definition) is 2. The second-order valence-electron chi connectivity index (χ2n) is 11.4. The topological polar surface area (TPSA) is 108 Å². The number of aromatic nitrogens is 4. The van der Waals surface area contributed by atoms with Crippen molar-refractivity contribution in [1.82, 2.24) is 24.8 Å². The van der Waals surface area contributed by atoms with Gasteiger partial charge in [0.25, 0.3) is 0 Å². The number of ether oxygens (including phenoxy) is 1. The highest BCUT2D eigenvalue weighted by Crippen LogP contribution is 2.42. The summed E-state index contributed by atoms with van der Waals surface area (Å²) in [7, 11) is 1.12. The van der Waals surface area contributed by atoms with E-state index < -0.39 is 7.14 Å². The summed E-state index contributed by atoms with van der Waals surface area (Å²) in [6, 6.07) is 7.83. The normalized spacial score (nSPS) is 19.0. The van der Waals surface area contributed by atoms with Gasteiger partial charge in [0.2, 0.25) is 5.95 Å². The van der Waals surface area contributed by atoms with Crippen LogP contribution in [0.2, 0.25) is 5.02 Å². The van der Waals surface area contributed by atoms with Gasteiger partial charge in [0.15, 0.2) is 5.82 Å². The fraction of sp³-hybridized carbons (Fsp3) is 0.379. The van der Waals surface area contributed by atoms with E-state index in [0.717, 1.165) is 37.4 Å². The van der Waals surface area contributed by atoms with E-state index in [1.165, 1.54) is 11.9 Å². The number of aryl methyl sites for hydroxylation is 1. The molecule has 2 aromatic carbocycles. The standard InChI is InChI=1S/C29H34ClN8O2P/c1-17-10-23(25(40-3)11-24(17)38-15-18-13-37(2)14-19(18)16-38)35-29-33-12-20(30)28(36-29)34-22-7-6-21-26(32-9-8-31-21)27(22)41(4,5)39/h6-12,18-19H,13-16H2,1-5H3,(H2,33,34,35,36)/t18-,19+. The highest BCUT2D eigenvalue weighted by molar-refractivity contribution is 7.71. The number of nitrogens with one attached hydrogen (secondary N) is 2. The number of anilines is 5. The van der Waals surface area contributed by atoms with Crippen LogP contribution in [0.3, 0.4) is 0 Å². The zero-order valence-corrected chi connectivity index (χ0v) is 25.5. The summed E-state index contributed by atoms with van der Waals surface area (Å²) in [6.45, 7) is 9.97. The Balaban J connectivity index is 1.28. The molecule has 2 saturated heterocycles. The lowest BCUT2D eigenvalue weighted by molar-refractivity contribution is 0.387. The maximum atomic E-state index is 13.3. The highest BCUT2D eigenvalue weighted by Gasteiger charge is 2.39. The molecule has 6 rings (SSSR count). The molecule has 4 aromatic rings. The van der Waals surface area contributed by atoms with Crippen LogP contribution in [0.1, 0.15) is 5.56 Å². The molecule has 0 unspecified atom stereocenters. The molecule has 2 N–H and O–H groups in total. The van der Waals surface area contributed by atoms with Crippen LogP contribution in [0.15, 0.2) is 42.9 Å². The van der Waals surface area contributed by atoms with Crippen molar-refractivity contribution in [2.75, 3.05) is 69.2 Å². The first kappa shape index (κ1) is 27.7. The molecule has 41 heavy (non-hydrogen) atoms. The maximum absolute atomic E-state index is 13.3. The van der Waals surface area contributed by atoms with E-state index >= 15 is 0 Å². The van der Waals surface area contributed by atoms with Crippen LogP contribution in [0.4, 0.5) is 28.8 Å². The average molecular weight is 593 g/mol. The first-order chi connectivity index (χ1) is 19.6. The lowest BCUT2D eigenvalue weighted by Crippen LogP contribution is -2.27. The first-order valence-electron chi connectivity index (χ1n) is 13.6. The van der Waals surface area contributed by atoms with Gasteiger partial charge in [-0.25, -0.2) is 4.98 Å². The maximum Gasteiger partial charge on any atom is 0.229 e. The minimum Gasteiger partial charge on any atom is -0.494 e. The molecule has 214 valence electrons. The lowest BCUT2D eigenvalue weighted by atomic mass is 10.0. The molecule has 0 aliphatic carbocycles. The Morgan fingerprint density at radius 3 is 2.44 bits per heavy atom. The van der Waals surface area contributed by atoms with Crippen LogP contribution in [0.25, 0.3) is 11.0 Å². The number of halogens is 1.